The summed E-state index contributed by atoms with van der Waals surface area (Å²) in [7, 11) is 0. The Bertz CT molecular complexity index is 692. The summed E-state index contributed by atoms with van der Waals surface area (Å²) in [5.74, 6) is 1.64. The van der Waals surface area contributed by atoms with Gasteiger partial charge in [-0.15, -0.1) is 0 Å². The van der Waals surface area contributed by atoms with Gasteiger partial charge in [-0.2, -0.15) is 13.2 Å². The first-order valence-corrected chi connectivity index (χ1v) is 8.52. The fourth-order valence-corrected chi connectivity index (χ4v) is 3.13. The van der Waals surface area contributed by atoms with E-state index in [2.05, 4.69) is 15.9 Å². The number of hydrogen-bond donors (Lipinski definition) is 0. The molecule has 0 unspecified atom stereocenters. The normalized spacial score (nSPS) is 15.5. The third-order valence-electron chi connectivity index (χ3n) is 3.92. The number of halogens is 4. The summed E-state index contributed by atoms with van der Waals surface area (Å²) in [6.45, 7) is 0. The molecule has 0 radical (unpaired) electrons. The molecule has 2 nitrogen and oxygen atoms in total. The van der Waals surface area contributed by atoms with Crippen LogP contribution in [0, 0.1) is 0 Å². The van der Waals surface area contributed by atoms with Crippen molar-refractivity contribution in [3.05, 3.63) is 52.5 Å². The average molecular weight is 401 g/mol. The number of hydrogen-bond acceptors (Lipinski definition) is 2. The molecule has 1 fully saturated rings. The first-order chi connectivity index (χ1) is 11.4. The molecule has 1 aliphatic rings. The van der Waals surface area contributed by atoms with E-state index in [0.717, 1.165) is 30.7 Å². The maximum Gasteiger partial charge on any atom is 0.416 e. The van der Waals surface area contributed by atoms with E-state index in [1.807, 2.05) is 12.1 Å². The number of alkyl halides is 3. The Kier molecular flexibility index (Phi) is 5.04. The van der Waals surface area contributed by atoms with Crippen molar-refractivity contribution in [3.8, 4) is 17.2 Å². The molecule has 0 heterocycles. The molecule has 0 aliphatic heterocycles. The Morgan fingerprint density at radius 3 is 2.12 bits per heavy atom. The number of ether oxygens (including phenoxy) is 2. The van der Waals surface area contributed by atoms with Crippen molar-refractivity contribution in [1.29, 1.82) is 0 Å². The minimum Gasteiger partial charge on any atom is -0.490 e. The molecule has 0 N–H and O–H groups in total. The molecule has 3 rings (SSSR count). The van der Waals surface area contributed by atoms with E-state index in [4.69, 9.17) is 9.47 Å². The van der Waals surface area contributed by atoms with Crippen molar-refractivity contribution < 1.29 is 22.6 Å². The van der Waals surface area contributed by atoms with Crippen LogP contribution in [-0.2, 0) is 6.18 Å². The van der Waals surface area contributed by atoms with Crippen LogP contribution in [0.5, 0.6) is 17.2 Å². The molecule has 0 atom stereocenters. The lowest BCUT2D eigenvalue weighted by molar-refractivity contribution is -0.137. The van der Waals surface area contributed by atoms with Crippen LogP contribution in [-0.4, -0.2) is 6.10 Å². The molecule has 0 saturated heterocycles. The van der Waals surface area contributed by atoms with Gasteiger partial charge in [-0.25, -0.2) is 0 Å². The SMILES string of the molecule is FC(F)(F)c1ccc(Oc2ccc(OC3CCCC3)cc2)c(Br)c1. The van der Waals surface area contributed by atoms with Gasteiger partial charge < -0.3 is 9.47 Å². The van der Waals surface area contributed by atoms with Crippen LogP contribution < -0.4 is 9.47 Å². The predicted octanol–water partition coefficient (Wildman–Crippen LogP) is 6.58. The molecule has 0 bridgehead atoms. The molecule has 1 saturated carbocycles. The molecule has 0 spiro atoms. The van der Waals surface area contributed by atoms with Crippen LogP contribution in [0.15, 0.2) is 46.9 Å². The van der Waals surface area contributed by atoms with Gasteiger partial charge in [-0.3, -0.25) is 0 Å². The monoisotopic (exact) mass is 400 g/mol. The molecule has 2 aromatic carbocycles. The Balaban J connectivity index is 1.67. The second-order valence-electron chi connectivity index (χ2n) is 5.74. The van der Waals surface area contributed by atoms with Gasteiger partial charge in [0.15, 0.2) is 0 Å². The minimum absolute atomic E-state index is 0.253. The second kappa shape index (κ2) is 7.05. The maximum atomic E-state index is 12.7. The maximum absolute atomic E-state index is 12.7. The van der Waals surface area contributed by atoms with Crippen molar-refractivity contribution >= 4 is 15.9 Å². The van der Waals surface area contributed by atoms with Crippen molar-refractivity contribution in [1.82, 2.24) is 0 Å². The highest BCUT2D eigenvalue weighted by atomic mass is 79.9. The summed E-state index contributed by atoms with van der Waals surface area (Å²) < 4.78 is 49.7. The zero-order chi connectivity index (χ0) is 17.2. The Morgan fingerprint density at radius 2 is 1.54 bits per heavy atom. The van der Waals surface area contributed by atoms with Crippen LogP contribution in [0.4, 0.5) is 13.2 Å². The van der Waals surface area contributed by atoms with E-state index in [1.54, 1.807) is 12.1 Å². The summed E-state index contributed by atoms with van der Waals surface area (Å²) in [5, 5.41) is 0. The van der Waals surface area contributed by atoms with Gasteiger partial charge >= 0.3 is 6.18 Å². The van der Waals surface area contributed by atoms with E-state index in [0.29, 0.717) is 11.5 Å². The van der Waals surface area contributed by atoms with Gasteiger partial charge in [-0.05, 0) is 84.1 Å². The Hall–Kier alpha value is -1.69. The lowest BCUT2D eigenvalue weighted by Gasteiger charge is -2.14. The van der Waals surface area contributed by atoms with Crippen molar-refractivity contribution in [2.75, 3.05) is 0 Å². The Morgan fingerprint density at radius 1 is 0.917 bits per heavy atom. The summed E-state index contributed by atoms with van der Waals surface area (Å²) in [5.41, 5.74) is -0.720. The Labute approximate surface area is 146 Å². The summed E-state index contributed by atoms with van der Waals surface area (Å²) in [6, 6.07) is 10.4. The van der Waals surface area contributed by atoms with Crippen LogP contribution in [0.3, 0.4) is 0 Å². The minimum atomic E-state index is -4.37. The topological polar surface area (TPSA) is 18.5 Å². The van der Waals surface area contributed by atoms with E-state index >= 15 is 0 Å². The summed E-state index contributed by atoms with van der Waals surface area (Å²) in [6.07, 6.45) is 0.468. The standard InChI is InChI=1S/C18H16BrF3O2/c19-16-11-12(18(20,21)22)5-10-17(16)24-15-8-6-14(7-9-15)23-13-3-1-2-4-13/h5-11,13H,1-4H2. The van der Waals surface area contributed by atoms with Gasteiger partial charge in [0.1, 0.15) is 17.2 Å². The third kappa shape index (κ3) is 4.23. The quantitative estimate of drug-likeness (QED) is 0.576. The fraction of sp³-hybridized carbons (Fsp3) is 0.333. The lowest BCUT2D eigenvalue weighted by Crippen LogP contribution is -2.10. The van der Waals surface area contributed by atoms with Crippen LogP contribution in [0.2, 0.25) is 0 Å². The average Bonchev–Trinajstić information content (AvgIpc) is 3.03. The molecule has 128 valence electrons. The lowest BCUT2D eigenvalue weighted by atomic mass is 10.2. The molecule has 6 heteroatoms. The molecule has 0 amide bonds. The van der Waals surface area contributed by atoms with Gasteiger partial charge in [0.25, 0.3) is 0 Å². The molecule has 0 aromatic heterocycles. The first-order valence-electron chi connectivity index (χ1n) is 7.73. The van der Waals surface area contributed by atoms with E-state index in [1.165, 1.54) is 18.9 Å². The zero-order valence-electron chi connectivity index (χ0n) is 12.8. The van der Waals surface area contributed by atoms with Gasteiger partial charge in [0.05, 0.1) is 16.1 Å². The van der Waals surface area contributed by atoms with Crippen LogP contribution in [0.1, 0.15) is 31.2 Å². The van der Waals surface area contributed by atoms with Gasteiger partial charge in [-0.1, -0.05) is 0 Å². The fourth-order valence-electron chi connectivity index (χ4n) is 2.67. The largest absolute Gasteiger partial charge is 0.490 e. The molecule has 2 aromatic rings. The smallest absolute Gasteiger partial charge is 0.416 e. The molecule has 24 heavy (non-hydrogen) atoms. The molecular formula is C18H16BrF3O2. The highest BCUT2D eigenvalue weighted by Crippen LogP contribution is 2.37. The summed E-state index contributed by atoms with van der Waals surface area (Å²) in [4.78, 5) is 0. The van der Waals surface area contributed by atoms with Crippen molar-refractivity contribution in [3.63, 3.8) is 0 Å². The highest BCUT2D eigenvalue weighted by molar-refractivity contribution is 9.10. The van der Waals surface area contributed by atoms with Gasteiger partial charge in [0.2, 0.25) is 0 Å². The third-order valence-corrected chi connectivity index (χ3v) is 4.54. The van der Waals surface area contributed by atoms with Gasteiger partial charge in [0, 0.05) is 0 Å². The highest BCUT2D eigenvalue weighted by Gasteiger charge is 2.31. The predicted molar refractivity (Wildman–Crippen MR) is 88.5 cm³/mol. The van der Waals surface area contributed by atoms with E-state index < -0.39 is 11.7 Å². The van der Waals surface area contributed by atoms with Crippen molar-refractivity contribution in [2.24, 2.45) is 0 Å². The van der Waals surface area contributed by atoms with Crippen LogP contribution in [0.25, 0.3) is 0 Å². The number of rotatable bonds is 4. The summed E-state index contributed by atoms with van der Waals surface area (Å²) >= 11 is 3.12. The second-order valence-corrected chi connectivity index (χ2v) is 6.60. The van der Waals surface area contributed by atoms with Crippen molar-refractivity contribution in [2.45, 2.75) is 38.0 Å². The molecule has 1 aliphatic carbocycles. The van der Waals surface area contributed by atoms with E-state index in [-0.39, 0.29) is 10.6 Å². The van der Waals surface area contributed by atoms with Crippen LogP contribution >= 0.6 is 15.9 Å². The zero-order valence-corrected chi connectivity index (χ0v) is 14.4. The van der Waals surface area contributed by atoms with E-state index in [9.17, 15) is 13.2 Å². The first kappa shape index (κ1) is 17.1. The number of benzene rings is 2. The molecular weight excluding hydrogens is 385 g/mol.